The lowest BCUT2D eigenvalue weighted by molar-refractivity contribution is 0.657. The first-order valence-electron chi connectivity index (χ1n) is 5.74. The van der Waals surface area contributed by atoms with Crippen molar-refractivity contribution in [2.24, 2.45) is 5.84 Å². The predicted molar refractivity (Wildman–Crippen MR) is 70.6 cm³/mol. The van der Waals surface area contributed by atoms with E-state index in [0.717, 1.165) is 5.56 Å². The van der Waals surface area contributed by atoms with Crippen LogP contribution in [-0.4, -0.2) is 19.2 Å². The molecule has 0 aliphatic carbocycles. The third-order valence-electron chi connectivity index (χ3n) is 2.79. The van der Waals surface area contributed by atoms with Crippen LogP contribution in [0, 0.1) is 0 Å². The molecule has 7 heteroatoms. The quantitative estimate of drug-likeness (QED) is 0.517. The van der Waals surface area contributed by atoms with E-state index >= 15 is 0 Å². The van der Waals surface area contributed by atoms with Crippen molar-refractivity contribution in [1.82, 2.24) is 19.2 Å². The Morgan fingerprint density at radius 2 is 2.16 bits per heavy atom. The Balaban J connectivity index is 1.96. The van der Waals surface area contributed by atoms with Gasteiger partial charge >= 0.3 is 5.69 Å². The largest absolute Gasteiger partial charge is 0.350 e. The molecular formula is C12H12N6O. The maximum absolute atomic E-state index is 12.1. The topological polar surface area (TPSA) is 90.2 Å². The SMILES string of the molecule is NNc1ccc(Cn2nc3ccccn3c2=O)cn1. The van der Waals surface area contributed by atoms with Crippen LogP contribution in [0.4, 0.5) is 5.82 Å². The molecule has 0 saturated heterocycles. The van der Waals surface area contributed by atoms with Crippen molar-refractivity contribution in [3.8, 4) is 0 Å². The zero-order chi connectivity index (χ0) is 13.2. The summed E-state index contributed by atoms with van der Waals surface area (Å²) in [5.41, 5.74) is 3.79. The van der Waals surface area contributed by atoms with Gasteiger partial charge < -0.3 is 5.43 Å². The molecule has 0 aliphatic rings. The number of aromatic nitrogens is 4. The lowest BCUT2D eigenvalue weighted by Gasteiger charge is -2.01. The average molecular weight is 256 g/mol. The van der Waals surface area contributed by atoms with Crippen LogP contribution in [0.5, 0.6) is 0 Å². The minimum atomic E-state index is -0.170. The summed E-state index contributed by atoms with van der Waals surface area (Å²) in [6.45, 7) is 0.373. The fourth-order valence-corrected chi connectivity index (χ4v) is 1.85. The maximum Gasteiger partial charge on any atom is 0.350 e. The molecule has 3 aromatic rings. The van der Waals surface area contributed by atoms with Crippen molar-refractivity contribution >= 4 is 11.5 Å². The van der Waals surface area contributed by atoms with Gasteiger partial charge in [0.1, 0.15) is 5.82 Å². The van der Waals surface area contributed by atoms with Gasteiger partial charge in [-0.1, -0.05) is 12.1 Å². The molecule has 0 fully saturated rings. The molecule has 3 rings (SSSR count). The number of rotatable bonds is 3. The summed E-state index contributed by atoms with van der Waals surface area (Å²) in [4.78, 5) is 16.2. The Morgan fingerprint density at radius 1 is 1.26 bits per heavy atom. The van der Waals surface area contributed by atoms with Crippen LogP contribution in [0.15, 0.2) is 47.5 Å². The standard InChI is InChI=1S/C12H12N6O/c13-15-10-5-4-9(7-14-10)8-18-12(19)17-6-2-1-3-11(17)16-18/h1-7H,8,13H2,(H,14,15). The molecule has 0 radical (unpaired) electrons. The van der Waals surface area contributed by atoms with Gasteiger partial charge in [-0.3, -0.25) is 4.40 Å². The minimum absolute atomic E-state index is 0.170. The van der Waals surface area contributed by atoms with E-state index in [1.807, 2.05) is 12.1 Å². The molecule has 96 valence electrons. The van der Waals surface area contributed by atoms with Gasteiger partial charge in [-0.25, -0.2) is 20.3 Å². The van der Waals surface area contributed by atoms with Gasteiger partial charge in [0.25, 0.3) is 0 Å². The Kier molecular flexibility index (Phi) is 2.73. The molecular weight excluding hydrogens is 244 g/mol. The van der Waals surface area contributed by atoms with Gasteiger partial charge in [0.2, 0.25) is 0 Å². The molecule has 3 aromatic heterocycles. The van der Waals surface area contributed by atoms with E-state index in [0.29, 0.717) is 18.0 Å². The van der Waals surface area contributed by atoms with E-state index in [-0.39, 0.29) is 5.69 Å². The third kappa shape index (κ3) is 2.06. The van der Waals surface area contributed by atoms with Crippen molar-refractivity contribution < 1.29 is 0 Å². The van der Waals surface area contributed by atoms with Gasteiger partial charge in [0.15, 0.2) is 5.65 Å². The fourth-order valence-electron chi connectivity index (χ4n) is 1.85. The Hall–Kier alpha value is -2.67. The molecule has 0 aromatic carbocycles. The number of fused-ring (bicyclic) bond motifs is 1. The summed E-state index contributed by atoms with van der Waals surface area (Å²) < 4.78 is 2.91. The van der Waals surface area contributed by atoms with E-state index in [2.05, 4.69) is 15.5 Å². The molecule has 0 atom stereocenters. The van der Waals surface area contributed by atoms with Gasteiger partial charge in [-0.2, -0.15) is 0 Å². The number of nitrogens with zero attached hydrogens (tertiary/aromatic N) is 4. The second-order valence-electron chi connectivity index (χ2n) is 4.07. The first-order valence-corrected chi connectivity index (χ1v) is 5.74. The molecule has 0 unspecified atom stereocenters. The van der Waals surface area contributed by atoms with Crippen LogP contribution in [0.3, 0.4) is 0 Å². The van der Waals surface area contributed by atoms with Crippen molar-refractivity contribution in [3.05, 3.63) is 58.8 Å². The summed E-state index contributed by atoms with van der Waals surface area (Å²) in [5, 5.41) is 4.25. The Morgan fingerprint density at radius 3 is 2.84 bits per heavy atom. The molecule has 0 aliphatic heterocycles. The number of pyridine rings is 2. The summed E-state index contributed by atoms with van der Waals surface area (Å²) >= 11 is 0. The highest BCUT2D eigenvalue weighted by atomic mass is 16.2. The number of hydrazine groups is 1. The van der Waals surface area contributed by atoms with E-state index in [4.69, 9.17) is 5.84 Å². The lowest BCUT2D eigenvalue weighted by atomic mass is 10.3. The summed E-state index contributed by atoms with van der Waals surface area (Å²) in [6, 6.07) is 9.02. The van der Waals surface area contributed by atoms with Crippen molar-refractivity contribution in [1.29, 1.82) is 0 Å². The van der Waals surface area contributed by atoms with Crippen LogP contribution in [0.1, 0.15) is 5.56 Å². The van der Waals surface area contributed by atoms with Crippen LogP contribution in [-0.2, 0) is 6.54 Å². The molecule has 3 N–H and O–H groups in total. The summed E-state index contributed by atoms with van der Waals surface area (Å²) in [5.74, 6) is 5.82. The minimum Gasteiger partial charge on any atom is -0.308 e. The molecule has 7 nitrogen and oxygen atoms in total. The molecule has 3 heterocycles. The third-order valence-corrected chi connectivity index (χ3v) is 2.79. The monoisotopic (exact) mass is 256 g/mol. The fraction of sp³-hybridized carbons (Fsp3) is 0.0833. The van der Waals surface area contributed by atoms with Gasteiger partial charge in [0.05, 0.1) is 6.54 Å². The van der Waals surface area contributed by atoms with Crippen LogP contribution in [0.2, 0.25) is 0 Å². The number of hydrogen-bond acceptors (Lipinski definition) is 5. The number of nitrogen functional groups attached to an aromatic ring is 1. The highest BCUT2D eigenvalue weighted by Crippen LogP contribution is 2.05. The van der Waals surface area contributed by atoms with Crippen molar-refractivity contribution in [2.75, 3.05) is 5.43 Å². The van der Waals surface area contributed by atoms with Crippen LogP contribution < -0.4 is 17.0 Å². The Labute approximate surface area is 108 Å². The van der Waals surface area contributed by atoms with Crippen LogP contribution in [0.25, 0.3) is 5.65 Å². The van der Waals surface area contributed by atoms with Gasteiger partial charge in [-0.15, -0.1) is 5.10 Å². The normalized spacial score (nSPS) is 10.8. The summed E-state index contributed by atoms with van der Waals surface area (Å²) in [6.07, 6.45) is 3.35. The number of nitrogens with one attached hydrogen (secondary N) is 1. The maximum atomic E-state index is 12.1. The second kappa shape index (κ2) is 4.54. The predicted octanol–water partition coefficient (Wildman–Crippen LogP) is 0.225. The zero-order valence-electron chi connectivity index (χ0n) is 10.0. The number of hydrogen-bond donors (Lipinski definition) is 2. The first kappa shape index (κ1) is 11.4. The molecule has 0 amide bonds. The molecule has 19 heavy (non-hydrogen) atoms. The number of nitrogens with two attached hydrogens (primary N) is 1. The number of anilines is 1. The van der Waals surface area contributed by atoms with E-state index < -0.39 is 0 Å². The summed E-state index contributed by atoms with van der Waals surface area (Å²) in [7, 11) is 0. The lowest BCUT2D eigenvalue weighted by Crippen LogP contribution is -2.21. The highest BCUT2D eigenvalue weighted by molar-refractivity contribution is 5.36. The van der Waals surface area contributed by atoms with Gasteiger partial charge in [0, 0.05) is 12.4 Å². The zero-order valence-corrected chi connectivity index (χ0v) is 10.0. The van der Waals surface area contributed by atoms with E-state index in [1.165, 1.54) is 9.08 Å². The van der Waals surface area contributed by atoms with Crippen molar-refractivity contribution in [2.45, 2.75) is 6.54 Å². The average Bonchev–Trinajstić information content (AvgIpc) is 2.77. The van der Waals surface area contributed by atoms with E-state index in [9.17, 15) is 4.79 Å². The highest BCUT2D eigenvalue weighted by Gasteiger charge is 2.06. The smallest absolute Gasteiger partial charge is 0.308 e. The van der Waals surface area contributed by atoms with Gasteiger partial charge in [-0.05, 0) is 23.8 Å². The van der Waals surface area contributed by atoms with Crippen LogP contribution >= 0.6 is 0 Å². The molecule has 0 bridgehead atoms. The molecule has 0 spiro atoms. The van der Waals surface area contributed by atoms with E-state index in [1.54, 1.807) is 30.6 Å². The van der Waals surface area contributed by atoms with Crippen molar-refractivity contribution in [3.63, 3.8) is 0 Å². The second-order valence-corrected chi connectivity index (χ2v) is 4.07. The molecule has 0 saturated carbocycles. The first-order chi connectivity index (χ1) is 9.28. The Bertz CT molecular complexity index is 758.